The maximum Gasteiger partial charge on any atom is 0.342 e. The first-order chi connectivity index (χ1) is 8.08. The molecule has 0 unspecified atom stereocenters. The summed E-state index contributed by atoms with van der Waals surface area (Å²) in [6.07, 6.45) is 0.642. The summed E-state index contributed by atoms with van der Waals surface area (Å²) in [5.41, 5.74) is 0.606. The molecule has 0 amide bonds. The normalized spacial score (nSPS) is 10.8. The highest BCUT2D eigenvalue weighted by molar-refractivity contribution is 6.35. The van der Waals surface area contributed by atoms with Crippen molar-refractivity contribution in [2.45, 2.75) is 20.3 Å². The molecule has 0 aliphatic carbocycles. The smallest absolute Gasteiger partial charge is 0.342 e. The topological polar surface area (TPSA) is 65.2 Å². The van der Waals surface area contributed by atoms with Crippen LogP contribution in [-0.4, -0.2) is 23.0 Å². The molecule has 90 valence electrons. The number of aromatic nitrogens is 2. The lowest BCUT2D eigenvalue weighted by atomic mass is 10.2. The summed E-state index contributed by atoms with van der Waals surface area (Å²) < 4.78 is 10.1. The van der Waals surface area contributed by atoms with E-state index in [9.17, 15) is 4.79 Å². The Kier molecular flexibility index (Phi) is 3.02. The molecule has 0 N–H and O–H groups in total. The number of fused-ring (bicyclic) bond motifs is 1. The standard InChI is InChI=1S/C11H11ClN2O3/c1-4-6-13-9(12)8-7(11(15)16-3)5(2)17-10(8)14-6/h4H2,1-3H3. The Labute approximate surface area is 103 Å². The largest absolute Gasteiger partial charge is 0.465 e. The average molecular weight is 255 g/mol. The number of methoxy groups -OCH3 is 1. The molecule has 0 aliphatic rings. The van der Waals surface area contributed by atoms with Crippen LogP contribution in [0.25, 0.3) is 11.1 Å². The summed E-state index contributed by atoms with van der Waals surface area (Å²) in [7, 11) is 1.30. The molecule has 6 heteroatoms. The van der Waals surface area contributed by atoms with Gasteiger partial charge in [0.25, 0.3) is 0 Å². The lowest BCUT2D eigenvalue weighted by molar-refractivity contribution is 0.0600. The minimum atomic E-state index is -0.504. The van der Waals surface area contributed by atoms with Gasteiger partial charge in [-0.25, -0.2) is 9.78 Å². The van der Waals surface area contributed by atoms with Crippen molar-refractivity contribution in [1.29, 1.82) is 0 Å². The molecule has 5 nitrogen and oxygen atoms in total. The molecule has 0 aromatic carbocycles. The fourth-order valence-electron chi connectivity index (χ4n) is 1.62. The van der Waals surface area contributed by atoms with Crippen LogP contribution in [0, 0.1) is 6.92 Å². The molecule has 17 heavy (non-hydrogen) atoms. The van der Waals surface area contributed by atoms with Crippen molar-refractivity contribution >= 4 is 28.7 Å². The number of furan rings is 1. The second-order valence-electron chi connectivity index (χ2n) is 3.49. The zero-order chi connectivity index (χ0) is 12.6. The number of nitrogens with zero attached hydrogens (tertiary/aromatic N) is 2. The molecule has 0 bridgehead atoms. The maximum absolute atomic E-state index is 11.6. The van der Waals surface area contributed by atoms with Gasteiger partial charge in [0.15, 0.2) is 0 Å². The molecular weight excluding hydrogens is 244 g/mol. The summed E-state index contributed by atoms with van der Waals surface area (Å²) in [5.74, 6) is 0.500. The van der Waals surface area contributed by atoms with Crippen molar-refractivity contribution in [3.05, 3.63) is 22.3 Å². The Hall–Kier alpha value is -1.62. The van der Waals surface area contributed by atoms with Crippen LogP contribution in [0.5, 0.6) is 0 Å². The van der Waals surface area contributed by atoms with Gasteiger partial charge < -0.3 is 9.15 Å². The first-order valence-electron chi connectivity index (χ1n) is 5.12. The van der Waals surface area contributed by atoms with E-state index in [1.54, 1.807) is 6.92 Å². The zero-order valence-corrected chi connectivity index (χ0v) is 10.5. The van der Waals surface area contributed by atoms with E-state index < -0.39 is 5.97 Å². The Morgan fingerprint density at radius 3 is 2.76 bits per heavy atom. The molecule has 2 aromatic rings. The molecule has 0 fully saturated rings. The van der Waals surface area contributed by atoms with Crippen LogP contribution in [0.4, 0.5) is 0 Å². The van der Waals surface area contributed by atoms with Gasteiger partial charge in [0, 0.05) is 6.42 Å². The van der Waals surface area contributed by atoms with Gasteiger partial charge >= 0.3 is 5.97 Å². The minimum absolute atomic E-state index is 0.212. The van der Waals surface area contributed by atoms with Crippen LogP contribution >= 0.6 is 11.6 Å². The lowest BCUT2D eigenvalue weighted by Gasteiger charge is -1.99. The Morgan fingerprint density at radius 1 is 1.47 bits per heavy atom. The monoisotopic (exact) mass is 254 g/mol. The van der Waals surface area contributed by atoms with Crippen LogP contribution in [0.2, 0.25) is 5.15 Å². The lowest BCUT2D eigenvalue weighted by Crippen LogP contribution is -2.03. The predicted octanol–water partition coefficient (Wildman–Crippen LogP) is 2.53. The molecule has 2 heterocycles. The summed E-state index contributed by atoms with van der Waals surface area (Å²) in [6.45, 7) is 3.57. The van der Waals surface area contributed by atoms with Gasteiger partial charge in [-0.2, -0.15) is 4.98 Å². The van der Waals surface area contributed by atoms with Gasteiger partial charge in [0.05, 0.1) is 12.5 Å². The molecule has 2 aromatic heterocycles. The molecule has 0 atom stereocenters. The first kappa shape index (κ1) is 11.9. The second kappa shape index (κ2) is 4.33. The molecule has 0 saturated carbocycles. The molecular formula is C11H11ClN2O3. The maximum atomic E-state index is 11.6. The number of aryl methyl sites for hydroxylation is 2. The molecule has 0 saturated heterocycles. The van der Waals surface area contributed by atoms with E-state index in [1.807, 2.05) is 6.92 Å². The van der Waals surface area contributed by atoms with Crippen LogP contribution in [-0.2, 0) is 11.2 Å². The molecule has 0 aliphatic heterocycles. The van der Waals surface area contributed by atoms with Gasteiger partial charge in [0.1, 0.15) is 22.3 Å². The van der Waals surface area contributed by atoms with E-state index in [0.29, 0.717) is 29.1 Å². The summed E-state index contributed by atoms with van der Waals surface area (Å²) >= 11 is 6.04. The van der Waals surface area contributed by atoms with Crippen LogP contribution in [0.1, 0.15) is 28.9 Å². The number of esters is 1. The quantitative estimate of drug-likeness (QED) is 0.609. The first-order valence-corrected chi connectivity index (χ1v) is 5.50. The van der Waals surface area contributed by atoms with E-state index >= 15 is 0 Å². The van der Waals surface area contributed by atoms with Gasteiger partial charge in [-0.15, -0.1) is 0 Å². The van der Waals surface area contributed by atoms with Crippen LogP contribution in [0.3, 0.4) is 0 Å². The van der Waals surface area contributed by atoms with Crippen LogP contribution in [0.15, 0.2) is 4.42 Å². The fraction of sp³-hybridized carbons (Fsp3) is 0.364. The van der Waals surface area contributed by atoms with Crippen molar-refractivity contribution < 1.29 is 13.9 Å². The van der Waals surface area contributed by atoms with Crippen LogP contribution < -0.4 is 0 Å². The van der Waals surface area contributed by atoms with Gasteiger partial charge in [-0.05, 0) is 6.92 Å². The van der Waals surface area contributed by atoms with Crippen molar-refractivity contribution in [2.24, 2.45) is 0 Å². The summed E-state index contributed by atoms with van der Waals surface area (Å²) in [6, 6.07) is 0. The number of hydrogen-bond donors (Lipinski definition) is 0. The van der Waals surface area contributed by atoms with Crippen molar-refractivity contribution in [3.8, 4) is 0 Å². The zero-order valence-electron chi connectivity index (χ0n) is 9.70. The average Bonchev–Trinajstić information content (AvgIpc) is 2.64. The summed E-state index contributed by atoms with van der Waals surface area (Å²) in [5, 5.41) is 0.623. The SMILES string of the molecule is CCc1nc(Cl)c2c(C(=O)OC)c(C)oc2n1. The summed E-state index contributed by atoms with van der Waals surface area (Å²) in [4.78, 5) is 19.9. The number of hydrogen-bond acceptors (Lipinski definition) is 5. The molecule has 2 rings (SSSR count). The third kappa shape index (κ3) is 1.86. The van der Waals surface area contributed by atoms with E-state index in [1.165, 1.54) is 7.11 Å². The molecule has 0 radical (unpaired) electrons. The highest BCUT2D eigenvalue weighted by Gasteiger charge is 2.23. The Balaban J connectivity index is 2.78. The van der Waals surface area contributed by atoms with E-state index in [2.05, 4.69) is 14.7 Å². The third-order valence-electron chi connectivity index (χ3n) is 2.44. The highest BCUT2D eigenvalue weighted by Crippen LogP contribution is 2.29. The van der Waals surface area contributed by atoms with Crippen molar-refractivity contribution in [3.63, 3.8) is 0 Å². The number of halogens is 1. The number of carbonyl (C=O) groups excluding carboxylic acids is 1. The predicted molar refractivity (Wildman–Crippen MR) is 62.3 cm³/mol. The fourth-order valence-corrected chi connectivity index (χ4v) is 1.89. The minimum Gasteiger partial charge on any atom is -0.465 e. The number of ether oxygens (including phenoxy) is 1. The molecule has 0 spiro atoms. The van der Waals surface area contributed by atoms with E-state index in [0.717, 1.165) is 0 Å². The highest BCUT2D eigenvalue weighted by atomic mass is 35.5. The van der Waals surface area contributed by atoms with E-state index in [4.69, 9.17) is 16.0 Å². The van der Waals surface area contributed by atoms with Gasteiger partial charge in [-0.1, -0.05) is 18.5 Å². The van der Waals surface area contributed by atoms with Crippen molar-refractivity contribution in [2.75, 3.05) is 7.11 Å². The number of carbonyl (C=O) groups is 1. The third-order valence-corrected chi connectivity index (χ3v) is 2.71. The number of rotatable bonds is 2. The van der Waals surface area contributed by atoms with Gasteiger partial charge in [0.2, 0.25) is 5.71 Å². The Morgan fingerprint density at radius 2 is 2.18 bits per heavy atom. The Bertz CT molecular complexity index is 592. The second-order valence-corrected chi connectivity index (χ2v) is 3.85. The van der Waals surface area contributed by atoms with E-state index in [-0.39, 0.29) is 10.7 Å². The van der Waals surface area contributed by atoms with Crippen molar-refractivity contribution in [1.82, 2.24) is 9.97 Å². The van der Waals surface area contributed by atoms with Gasteiger partial charge in [-0.3, -0.25) is 0 Å².